The summed E-state index contributed by atoms with van der Waals surface area (Å²) in [6.07, 6.45) is 1.57. The Morgan fingerprint density at radius 3 is 2.94 bits per heavy atom. The highest BCUT2D eigenvalue weighted by molar-refractivity contribution is 5.99. The van der Waals surface area contributed by atoms with Crippen LogP contribution in [0, 0.1) is 0 Å². The van der Waals surface area contributed by atoms with Gasteiger partial charge < -0.3 is 14.3 Å². The normalized spacial score (nSPS) is 11.1. The number of benzene rings is 1. The number of phenols is 1. The van der Waals surface area contributed by atoms with Crippen LogP contribution in [-0.4, -0.2) is 17.2 Å². The fraction of sp³-hybridized carbons (Fsp3) is 0.0833. The molecule has 3 aromatic rings. The fourth-order valence-corrected chi connectivity index (χ4v) is 1.84. The van der Waals surface area contributed by atoms with E-state index in [1.54, 1.807) is 31.6 Å². The number of aromatic nitrogens is 1. The summed E-state index contributed by atoms with van der Waals surface area (Å²) in [6.45, 7) is 0. The average molecular weight is 215 g/mol. The summed E-state index contributed by atoms with van der Waals surface area (Å²) in [7, 11) is 1.61. The van der Waals surface area contributed by atoms with E-state index in [2.05, 4.69) is 4.98 Å². The van der Waals surface area contributed by atoms with Crippen molar-refractivity contribution in [2.45, 2.75) is 0 Å². The molecule has 1 N–H and O–H groups in total. The van der Waals surface area contributed by atoms with Crippen molar-refractivity contribution in [3.05, 3.63) is 30.5 Å². The maximum atomic E-state index is 9.41. The topological polar surface area (TPSA) is 55.5 Å². The highest BCUT2D eigenvalue weighted by Crippen LogP contribution is 2.34. The number of rotatable bonds is 1. The van der Waals surface area contributed by atoms with Crippen molar-refractivity contribution in [2.75, 3.05) is 7.11 Å². The maximum absolute atomic E-state index is 9.41. The summed E-state index contributed by atoms with van der Waals surface area (Å²) < 4.78 is 10.6. The molecular weight excluding hydrogens is 206 g/mol. The second kappa shape index (κ2) is 3.13. The predicted octanol–water partition coefficient (Wildman–Crippen LogP) is 2.70. The predicted molar refractivity (Wildman–Crippen MR) is 59.7 cm³/mol. The molecule has 0 aliphatic heterocycles. The van der Waals surface area contributed by atoms with E-state index in [1.165, 1.54) is 0 Å². The quantitative estimate of drug-likeness (QED) is 0.678. The van der Waals surface area contributed by atoms with Crippen LogP contribution in [0.5, 0.6) is 11.5 Å². The van der Waals surface area contributed by atoms with E-state index in [1.807, 2.05) is 6.07 Å². The number of fused-ring (bicyclic) bond motifs is 2. The molecular formula is C12H9NO3. The molecule has 0 bridgehead atoms. The van der Waals surface area contributed by atoms with Crippen molar-refractivity contribution in [3.63, 3.8) is 0 Å². The number of hydrogen-bond acceptors (Lipinski definition) is 4. The highest BCUT2D eigenvalue weighted by atomic mass is 16.5. The van der Waals surface area contributed by atoms with Gasteiger partial charge in [-0.15, -0.1) is 0 Å². The lowest BCUT2D eigenvalue weighted by Crippen LogP contribution is -1.88. The Labute approximate surface area is 91.1 Å². The molecule has 4 heteroatoms. The van der Waals surface area contributed by atoms with Crippen LogP contribution in [-0.2, 0) is 0 Å². The van der Waals surface area contributed by atoms with Crippen molar-refractivity contribution in [2.24, 2.45) is 0 Å². The van der Waals surface area contributed by atoms with Crippen LogP contribution in [0.15, 0.2) is 34.9 Å². The molecule has 3 rings (SSSR count). The van der Waals surface area contributed by atoms with Gasteiger partial charge in [0.1, 0.15) is 11.5 Å². The standard InChI is InChI=1S/C12H9NO3/c1-15-11-8-3-2-7(14)6-10(8)13-12-9(11)4-5-16-12/h2-6,14H,1H3. The molecule has 4 nitrogen and oxygen atoms in total. The summed E-state index contributed by atoms with van der Waals surface area (Å²) in [4.78, 5) is 4.30. The zero-order valence-electron chi connectivity index (χ0n) is 8.60. The number of ether oxygens (including phenoxy) is 1. The van der Waals surface area contributed by atoms with Gasteiger partial charge in [-0.1, -0.05) is 0 Å². The molecule has 1 aromatic carbocycles. The van der Waals surface area contributed by atoms with Crippen LogP contribution < -0.4 is 4.74 Å². The lowest BCUT2D eigenvalue weighted by molar-refractivity contribution is 0.424. The SMILES string of the molecule is COc1c2ccc(O)cc2nc2occc12. The molecule has 2 heterocycles. The highest BCUT2D eigenvalue weighted by Gasteiger charge is 2.11. The van der Waals surface area contributed by atoms with Gasteiger partial charge in [0.2, 0.25) is 5.71 Å². The first-order chi connectivity index (χ1) is 7.79. The van der Waals surface area contributed by atoms with Crippen molar-refractivity contribution in [3.8, 4) is 11.5 Å². The van der Waals surface area contributed by atoms with E-state index in [4.69, 9.17) is 9.15 Å². The Kier molecular flexibility index (Phi) is 1.77. The van der Waals surface area contributed by atoms with Gasteiger partial charge >= 0.3 is 0 Å². The van der Waals surface area contributed by atoms with Crippen molar-refractivity contribution >= 4 is 22.0 Å². The minimum atomic E-state index is 0.174. The summed E-state index contributed by atoms with van der Waals surface area (Å²) >= 11 is 0. The number of pyridine rings is 1. The van der Waals surface area contributed by atoms with E-state index in [-0.39, 0.29) is 5.75 Å². The van der Waals surface area contributed by atoms with E-state index in [0.717, 1.165) is 10.8 Å². The lowest BCUT2D eigenvalue weighted by atomic mass is 10.1. The molecule has 0 aliphatic carbocycles. The third-order valence-corrected chi connectivity index (χ3v) is 2.54. The molecule has 0 fully saturated rings. The number of methoxy groups -OCH3 is 1. The van der Waals surface area contributed by atoms with Crippen LogP contribution in [0.4, 0.5) is 0 Å². The van der Waals surface area contributed by atoms with Crippen LogP contribution >= 0.6 is 0 Å². The second-order valence-corrected chi connectivity index (χ2v) is 3.49. The monoisotopic (exact) mass is 215 g/mol. The van der Waals surface area contributed by atoms with E-state index < -0.39 is 0 Å². The minimum Gasteiger partial charge on any atom is -0.508 e. The molecule has 0 saturated carbocycles. The van der Waals surface area contributed by atoms with E-state index in [9.17, 15) is 5.11 Å². The molecule has 16 heavy (non-hydrogen) atoms. The largest absolute Gasteiger partial charge is 0.508 e. The van der Waals surface area contributed by atoms with Gasteiger partial charge in [-0.2, -0.15) is 0 Å². The molecule has 0 aliphatic rings. The molecule has 80 valence electrons. The number of nitrogens with zero attached hydrogens (tertiary/aromatic N) is 1. The first-order valence-electron chi connectivity index (χ1n) is 4.83. The summed E-state index contributed by atoms with van der Waals surface area (Å²) in [6, 6.07) is 6.79. The Bertz CT molecular complexity index is 672. The molecule has 0 saturated heterocycles. The van der Waals surface area contributed by atoms with Crippen molar-refractivity contribution in [1.29, 1.82) is 0 Å². The first kappa shape index (κ1) is 9.03. The van der Waals surface area contributed by atoms with Crippen molar-refractivity contribution in [1.82, 2.24) is 4.98 Å². The Morgan fingerprint density at radius 2 is 2.12 bits per heavy atom. The van der Waals surface area contributed by atoms with Crippen LogP contribution in [0.2, 0.25) is 0 Å². The number of furan rings is 1. The van der Waals surface area contributed by atoms with Gasteiger partial charge in [-0.05, 0) is 18.2 Å². The minimum absolute atomic E-state index is 0.174. The van der Waals surface area contributed by atoms with Gasteiger partial charge in [-0.25, -0.2) is 4.98 Å². The van der Waals surface area contributed by atoms with Gasteiger partial charge in [-0.3, -0.25) is 0 Å². The van der Waals surface area contributed by atoms with Gasteiger partial charge in [0.25, 0.3) is 0 Å². The average Bonchev–Trinajstić information content (AvgIpc) is 2.73. The smallest absolute Gasteiger partial charge is 0.230 e. The van der Waals surface area contributed by atoms with Crippen molar-refractivity contribution < 1.29 is 14.3 Å². The summed E-state index contributed by atoms with van der Waals surface area (Å²) in [5, 5.41) is 11.1. The van der Waals surface area contributed by atoms with Gasteiger partial charge in [0.15, 0.2) is 0 Å². The molecule has 0 atom stereocenters. The van der Waals surface area contributed by atoms with E-state index >= 15 is 0 Å². The third kappa shape index (κ3) is 1.13. The second-order valence-electron chi connectivity index (χ2n) is 3.49. The molecule has 2 aromatic heterocycles. The van der Waals surface area contributed by atoms with Gasteiger partial charge in [0, 0.05) is 11.5 Å². The molecule has 0 unspecified atom stereocenters. The Morgan fingerprint density at radius 1 is 1.25 bits per heavy atom. The maximum Gasteiger partial charge on any atom is 0.230 e. The fourth-order valence-electron chi connectivity index (χ4n) is 1.84. The molecule has 0 spiro atoms. The zero-order valence-corrected chi connectivity index (χ0v) is 8.60. The zero-order chi connectivity index (χ0) is 11.1. The molecule has 0 amide bonds. The van der Waals surface area contributed by atoms with Crippen LogP contribution in [0.25, 0.3) is 22.0 Å². The molecule has 0 radical (unpaired) electrons. The Balaban J connectivity index is 2.54. The van der Waals surface area contributed by atoms with Crippen LogP contribution in [0.3, 0.4) is 0 Å². The third-order valence-electron chi connectivity index (χ3n) is 2.54. The Hall–Kier alpha value is -2.23. The van der Waals surface area contributed by atoms with E-state index in [0.29, 0.717) is 17.0 Å². The lowest BCUT2D eigenvalue weighted by Gasteiger charge is -2.06. The number of phenolic OH excluding ortho intramolecular Hbond substituents is 1. The first-order valence-corrected chi connectivity index (χ1v) is 4.83. The summed E-state index contributed by atoms with van der Waals surface area (Å²) in [5.41, 5.74) is 1.16. The number of aromatic hydroxyl groups is 1. The number of hydrogen-bond donors (Lipinski definition) is 1. The van der Waals surface area contributed by atoms with Crippen LogP contribution in [0.1, 0.15) is 0 Å². The summed E-state index contributed by atoms with van der Waals surface area (Å²) in [5.74, 6) is 0.890. The van der Waals surface area contributed by atoms with Gasteiger partial charge in [0.05, 0.1) is 24.3 Å².